The molecule has 0 aliphatic carbocycles. The van der Waals surface area contributed by atoms with Gasteiger partial charge in [0.2, 0.25) is 0 Å². The fourth-order valence-corrected chi connectivity index (χ4v) is 2.42. The molecule has 2 nitrogen and oxygen atoms in total. The number of fused-ring (bicyclic) bond motifs is 1. The Morgan fingerprint density at radius 3 is 2.89 bits per heavy atom. The quantitative estimate of drug-likeness (QED) is 0.772. The zero-order chi connectivity index (χ0) is 13.9. The van der Waals surface area contributed by atoms with E-state index < -0.39 is 12.8 Å². The van der Waals surface area contributed by atoms with Gasteiger partial charge in [0.15, 0.2) is 0 Å². The number of halogens is 4. The molecule has 0 radical (unpaired) electrons. The molecule has 0 spiro atoms. The first kappa shape index (κ1) is 14.7. The van der Waals surface area contributed by atoms with Crippen molar-refractivity contribution < 1.29 is 22.6 Å². The molecule has 0 fully saturated rings. The number of aryl methyl sites for hydroxylation is 1. The van der Waals surface area contributed by atoms with Gasteiger partial charge in [-0.05, 0) is 30.0 Å². The molecule has 106 valence electrons. The van der Waals surface area contributed by atoms with Crippen molar-refractivity contribution >= 4 is 15.9 Å². The minimum atomic E-state index is -4.28. The smallest absolute Gasteiger partial charge is 0.411 e. The minimum Gasteiger partial charge on any atom is -0.493 e. The van der Waals surface area contributed by atoms with E-state index in [0.29, 0.717) is 0 Å². The fourth-order valence-electron chi connectivity index (χ4n) is 1.95. The number of rotatable bonds is 4. The molecule has 6 heteroatoms. The van der Waals surface area contributed by atoms with Gasteiger partial charge in [-0.2, -0.15) is 13.2 Å². The van der Waals surface area contributed by atoms with Crippen LogP contribution in [0.15, 0.2) is 18.2 Å². The average Bonchev–Trinajstić information content (AvgIpc) is 2.36. The summed E-state index contributed by atoms with van der Waals surface area (Å²) in [4.78, 5) is -0.248. The maximum atomic E-state index is 12.0. The lowest BCUT2D eigenvalue weighted by atomic mass is 10.0. The molecule has 0 saturated carbocycles. The van der Waals surface area contributed by atoms with Crippen molar-refractivity contribution in [2.45, 2.75) is 23.8 Å². The van der Waals surface area contributed by atoms with E-state index in [-0.39, 0.29) is 11.4 Å². The normalized spacial score (nSPS) is 16.6. The zero-order valence-electron chi connectivity index (χ0n) is 10.2. The summed E-state index contributed by atoms with van der Waals surface area (Å²) in [5, 5.41) is 0. The van der Waals surface area contributed by atoms with Crippen LogP contribution in [0, 0.1) is 0 Å². The topological polar surface area (TPSA) is 18.5 Å². The average molecular weight is 339 g/mol. The van der Waals surface area contributed by atoms with Crippen molar-refractivity contribution in [1.82, 2.24) is 0 Å². The van der Waals surface area contributed by atoms with Crippen LogP contribution in [0.3, 0.4) is 0 Å². The van der Waals surface area contributed by atoms with Gasteiger partial charge in [0, 0.05) is 0 Å². The lowest BCUT2D eigenvalue weighted by molar-refractivity contribution is -0.173. The van der Waals surface area contributed by atoms with Crippen molar-refractivity contribution in [2.24, 2.45) is 0 Å². The third kappa shape index (κ3) is 4.38. The van der Waals surface area contributed by atoms with Crippen LogP contribution in [0.5, 0.6) is 5.75 Å². The third-order valence-corrected chi connectivity index (χ3v) is 3.62. The van der Waals surface area contributed by atoms with Crippen molar-refractivity contribution in [3.63, 3.8) is 0 Å². The zero-order valence-corrected chi connectivity index (χ0v) is 11.8. The summed E-state index contributed by atoms with van der Waals surface area (Å²) in [6.45, 7) is -0.513. The third-order valence-electron chi connectivity index (χ3n) is 2.82. The monoisotopic (exact) mass is 338 g/mol. The number of ether oxygens (including phenoxy) is 2. The SMILES string of the molecule is FC(F)(F)COCC(Br)c1ccc2c(c1)CCCO2. The van der Waals surface area contributed by atoms with Gasteiger partial charge < -0.3 is 9.47 Å². The predicted octanol–water partition coefficient (Wildman–Crippen LogP) is 4.03. The minimum absolute atomic E-state index is 0.0147. The van der Waals surface area contributed by atoms with Crippen LogP contribution in [0.1, 0.15) is 22.4 Å². The van der Waals surface area contributed by atoms with Crippen LogP contribution in [0.4, 0.5) is 13.2 Å². The summed E-state index contributed by atoms with van der Waals surface area (Å²) < 4.78 is 46.1. The lowest BCUT2D eigenvalue weighted by Crippen LogP contribution is -2.18. The summed E-state index contributed by atoms with van der Waals surface area (Å²) in [5.74, 6) is 0.867. The predicted molar refractivity (Wildman–Crippen MR) is 68.8 cm³/mol. The van der Waals surface area contributed by atoms with Crippen molar-refractivity contribution in [3.05, 3.63) is 29.3 Å². The van der Waals surface area contributed by atoms with E-state index in [1.165, 1.54) is 0 Å². The summed E-state index contributed by atoms with van der Waals surface area (Å²) in [7, 11) is 0. The molecule has 0 aromatic heterocycles. The standard InChI is InChI=1S/C13H14BrF3O2/c14-11(7-18-8-13(15,16)17)9-3-4-12-10(6-9)2-1-5-19-12/h3-4,6,11H,1-2,5,7-8H2. The van der Waals surface area contributed by atoms with Crippen molar-refractivity contribution in [3.8, 4) is 5.75 Å². The molecule has 19 heavy (non-hydrogen) atoms. The second-order valence-electron chi connectivity index (χ2n) is 4.42. The Balaban J connectivity index is 1.94. The maximum Gasteiger partial charge on any atom is 0.411 e. The highest BCUT2D eigenvalue weighted by molar-refractivity contribution is 9.09. The molecule has 0 bridgehead atoms. The summed E-state index contributed by atoms with van der Waals surface area (Å²) in [6.07, 6.45) is -2.38. The Bertz CT molecular complexity index is 434. The summed E-state index contributed by atoms with van der Waals surface area (Å²) in [6, 6.07) is 5.67. The number of hydrogen-bond donors (Lipinski definition) is 0. The van der Waals surface area contributed by atoms with E-state index in [9.17, 15) is 13.2 Å². The van der Waals surface area contributed by atoms with E-state index in [0.717, 1.165) is 36.3 Å². The van der Waals surface area contributed by atoms with E-state index in [1.807, 2.05) is 18.2 Å². The molecule has 0 N–H and O–H groups in total. The lowest BCUT2D eigenvalue weighted by Gasteiger charge is -2.19. The molecular formula is C13H14BrF3O2. The Labute approximate surface area is 118 Å². The van der Waals surface area contributed by atoms with Gasteiger partial charge in [0.1, 0.15) is 12.4 Å². The van der Waals surface area contributed by atoms with Gasteiger partial charge >= 0.3 is 6.18 Å². The fraction of sp³-hybridized carbons (Fsp3) is 0.538. The van der Waals surface area contributed by atoms with Gasteiger partial charge in [-0.25, -0.2) is 0 Å². The number of hydrogen-bond acceptors (Lipinski definition) is 2. The summed E-state index contributed by atoms with van der Waals surface area (Å²) in [5.41, 5.74) is 2.01. The molecule has 1 heterocycles. The van der Waals surface area contributed by atoms with E-state index in [2.05, 4.69) is 20.7 Å². The van der Waals surface area contributed by atoms with Crippen molar-refractivity contribution in [1.29, 1.82) is 0 Å². The van der Waals surface area contributed by atoms with Crippen LogP contribution >= 0.6 is 15.9 Å². The molecule has 1 atom stereocenters. The maximum absolute atomic E-state index is 12.0. The molecule has 1 aliphatic heterocycles. The van der Waals surface area contributed by atoms with Crippen LogP contribution in [0.25, 0.3) is 0 Å². The van der Waals surface area contributed by atoms with Gasteiger partial charge in [-0.3, -0.25) is 0 Å². The summed E-state index contributed by atoms with van der Waals surface area (Å²) >= 11 is 3.35. The highest BCUT2D eigenvalue weighted by Crippen LogP contribution is 2.31. The molecule has 1 aliphatic rings. The van der Waals surface area contributed by atoms with Gasteiger partial charge in [-0.1, -0.05) is 28.1 Å². The largest absolute Gasteiger partial charge is 0.493 e. The molecule has 1 unspecified atom stereocenters. The Hall–Kier alpha value is -0.750. The van der Waals surface area contributed by atoms with Crippen LogP contribution in [-0.2, 0) is 11.2 Å². The highest BCUT2D eigenvalue weighted by atomic mass is 79.9. The second-order valence-corrected chi connectivity index (χ2v) is 5.52. The van der Waals surface area contributed by atoms with E-state index in [4.69, 9.17) is 4.74 Å². The molecule has 1 aromatic carbocycles. The van der Waals surface area contributed by atoms with E-state index >= 15 is 0 Å². The number of alkyl halides is 4. The van der Waals surface area contributed by atoms with Gasteiger partial charge in [0.25, 0.3) is 0 Å². The molecule has 2 rings (SSSR count). The Kier molecular flexibility index (Phi) is 4.73. The van der Waals surface area contributed by atoms with E-state index in [1.54, 1.807) is 0 Å². The molecule has 0 amide bonds. The first-order chi connectivity index (χ1) is 8.96. The molecule has 0 saturated heterocycles. The second kappa shape index (κ2) is 6.13. The highest BCUT2D eigenvalue weighted by Gasteiger charge is 2.28. The van der Waals surface area contributed by atoms with Crippen LogP contribution in [0.2, 0.25) is 0 Å². The molecular weight excluding hydrogens is 325 g/mol. The Morgan fingerprint density at radius 1 is 1.37 bits per heavy atom. The van der Waals surface area contributed by atoms with Gasteiger partial charge in [-0.15, -0.1) is 0 Å². The van der Waals surface area contributed by atoms with Crippen LogP contribution < -0.4 is 4.74 Å². The van der Waals surface area contributed by atoms with Crippen LogP contribution in [-0.4, -0.2) is 26.0 Å². The first-order valence-corrected chi connectivity index (χ1v) is 6.91. The van der Waals surface area contributed by atoms with Crippen molar-refractivity contribution in [2.75, 3.05) is 19.8 Å². The number of benzene rings is 1. The first-order valence-electron chi connectivity index (χ1n) is 6.00. The Morgan fingerprint density at radius 2 is 2.16 bits per heavy atom. The van der Waals surface area contributed by atoms with Gasteiger partial charge in [0.05, 0.1) is 18.0 Å². The molecule has 1 aromatic rings.